The Morgan fingerprint density at radius 2 is 1.81 bits per heavy atom. The Kier molecular flexibility index (Phi) is 5.52. The molecule has 2 aromatic carbocycles. The van der Waals surface area contributed by atoms with Gasteiger partial charge in [-0.2, -0.15) is 0 Å². The highest BCUT2D eigenvalue weighted by Crippen LogP contribution is 2.51. The van der Waals surface area contributed by atoms with Crippen molar-refractivity contribution >= 4 is 33.0 Å². The molecule has 9 heteroatoms. The molecule has 0 aliphatic heterocycles. The minimum Gasteiger partial charge on any atom is -0.505 e. The first-order valence-electron chi connectivity index (χ1n) is 10.1. The number of hydrogen-bond acceptors (Lipinski definition) is 5. The highest BCUT2D eigenvalue weighted by atomic mass is 35.5. The van der Waals surface area contributed by atoms with Crippen LogP contribution in [0.25, 0.3) is 0 Å². The fourth-order valence-corrected chi connectivity index (χ4v) is 7.25. The van der Waals surface area contributed by atoms with Crippen LogP contribution in [0.2, 0.25) is 5.02 Å². The number of carbonyl (C=O) groups is 1. The van der Waals surface area contributed by atoms with Crippen molar-refractivity contribution in [3.8, 4) is 5.75 Å². The molecule has 3 N–H and O–H groups in total. The molecule has 4 atom stereocenters. The molecular weight excluding hydrogens is 445 g/mol. The second-order valence-electron chi connectivity index (χ2n) is 8.60. The Balaban J connectivity index is 1.60. The predicted molar refractivity (Wildman–Crippen MR) is 115 cm³/mol. The van der Waals surface area contributed by atoms with E-state index in [1.54, 1.807) is 6.92 Å². The van der Waals surface area contributed by atoms with Crippen LogP contribution >= 0.6 is 11.6 Å². The SMILES string of the molecule is CC1(O)C2CC[C@@H]1CC(S(=O)(=O)c1cc(C(=O)Nc3ccc(F)c(O)c3)ccc1Cl)C2. The lowest BCUT2D eigenvalue weighted by Crippen LogP contribution is -2.45. The number of halogens is 2. The molecule has 6 nitrogen and oxygen atoms in total. The molecule has 2 aliphatic rings. The van der Waals surface area contributed by atoms with Crippen molar-refractivity contribution in [1.82, 2.24) is 0 Å². The summed E-state index contributed by atoms with van der Waals surface area (Å²) in [4.78, 5) is 12.5. The van der Waals surface area contributed by atoms with E-state index < -0.39 is 38.2 Å². The van der Waals surface area contributed by atoms with E-state index in [4.69, 9.17) is 11.6 Å². The maximum absolute atomic E-state index is 13.4. The maximum Gasteiger partial charge on any atom is 0.255 e. The minimum atomic E-state index is -3.82. The van der Waals surface area contributed by atoms with E-state index in [-0.39, 0.29) is 33.0 Å². The van der Waals surface area contributed by atoms with E-state index in [0.29, 0.717) is 12.8 Å². The topological polar surface area (TPSA) is 104 Å². The molecule has 2 aliphatic carbocycles. The molecule has 2 saturated carbocycles. The number of rotatable bonds is 4. The van der Waals surface area contributed by atoms with E-state index in [1.807, 2.05) is 0 Å². The molecule has 0 heterocycles. The molecule has 4 rings (SSSR count). The van der Waals surface area contributed by atoms with E-state index in [2.05, 4.69) is 5.32 Å². The lowest BCUT2D eigenvalue weighted by molar-refractivity contribution is -0.0413. The quantitative estimate of drug-likeness (QED) is 0.626. The number of carbonyl (C=O) groups excluding carboxylic acids is 1. The van der Waals surface area contributed by atoms with Crippen LogP contribution in [0.3, 0.4) is 0 Å². The molecule has 0 radical (unpaired) electrons. The van der Waals surface area contributed by atoms with Gasteiger partial charge in [-0.3, -0.25) is 4.79 Å². The molecule has 2 fully saturated rings. The minimum absolute atomic E-state index is 0.0284. The third-order valence-electron chi connectivity index (χ3n) is 6.75. The Hall–Kier alpha value is -2.16. The standard InChI is InChI=1S/C22H23ClFNO5S/c1-22(28)13-3-4-14(22)10-16(9-13)31(29,30)20-8-12(2-6-17(20)23)21(27)25-15-5-7-18(24)19(26)11-15/h2,5-8,11,13-14,16,26,28H,3-4,9-10H2,1H3,(H,25,27)/t13-,14?,16?,22?/m1/s1. The van der Waals surface area contributed by atoms with Gasteiger partial charge < -0.3 is 15.5 Å². The van der Waals surface area contributed by atoms with Crippen LogP contribution in [-0.4, -0.2) is 35.4 Å². The van der Waals surface area contributed by atoms with Crippen LogP contribution < -0.4 is 5.32 Å². The molecule has 0 spiro atoms. The van der Waals surface area contributed by atoms with Gasteiger partial charge in [0.2, 0.25) is 0 Å². The fourth-order valence-electron chi connectivity index (χ4n) is 4.85. The van der Waals surface area contributed by atoms with Crippen molar-refractivity contribution in [2.75, 3.05) is 5.32 Å². The summed E-state index contributed by atoms with van der Waals surface area (Å²) in [5.41, 5.74) is -0.620. The molecule has 31 heavy (non-hydrogen) atoms. The first-order chi connectivity index (χ1) is 14.5. The van der Waals surface area contributed by atoms with E-state index >= 15 is 0 Å². The van der Waals surface area contributed by atoms with Crippen molar-refractivity contribution in [3.63, 3.8) is 0 Å². The number of fused-ring (bicyclic) bond motifs is 2. The normalized spacial score (nSPS) is 27.8. The number of aliphatic hydroxyl groups is 1. The number of sulfone groups is 1. The van der Waals surface area contributed by atoms with Gasteiger partial charge >= 0.3 is 0 Å². The maximum atomic E-state index is 13.4. The molecular formula is C22H23ClFNO5S. The number of hydrogen-bond donors (Lipinski definition) is 3. The third-order valence-corrected chi connectivity index (χ3v) is 9.41. The van der Waals surface area contributed by atoms with Gasteiger partial charge in [-0.25, -0.2) is 12.8 Å². The van der Waals surface area contributed by atoms with Crippen LogP contribution in [0.4, 0.5) is 10.1 Å². The van der Waals surface area contributed by atoms with Crippen molar-refractivity contribution in [2.24, 2.45) is 11.8 Å². The summed E-state index contributed by atoms with van der Waals surface area (Å²) in [5, 5.41) is 22.0. The Morgan fingerprint density at radius 3 is 2.42 bits per heavy atom. The fraction of sp³-hybridized carbons (Fsp3) is 0.409. The van der Waals surface area contributed by atoms with Gasteiger partial charge in [0, 0.05) is 17.3 Å². The Morgan fingerprint density at radius 1 is 1.16 bits per heavy atom. The van der Waals surface area contributed by atoms with E-state index in [0.717, 1.165) is 25.0 Å². The van der Waals surface area contributed by atoms with Gasteiger partial charge in [0.1, 0.15) is 0 Å². The highest BCUT2D eigenvalue weighted by Gasteiger charge is 2.53. The molecule has 1 amide bonds. The number of amides is 1. The summed E-state index contributed by atoms with van der Waals surface area (Å²) < 4.78 is 40.0. The molecule has 166 valence electrons. The van der Waals surface area contributed by atoms with Crippen LogP contribution in [0.1, 0.15) is 43.0 Å². The van der Waals surface area contributed by atoms with Gasteiger partial charge in [0.05, 0.1) is 20.8 Å². The number of anilines is 1. The lowest BCUT2D eigenvalue weighted by Gasteiger charge is -2.40. The molecule has 2 aromatic rings. The Bertz CT molecular complexity index is 1130. The summed E-state index contributed by atoms with van der Waals surface area (Å²) in [6.07, 6.45) is 2.30. The summed E-state index contributed by atoms with van der Waals surface area (Å²) in [6, 6.07) is 7.35. The monoisotopic (exact) mass is 467 g/mol. The van der Waals surface area contributed by atoms with Gasteiger partial charge in [-0.05, 0) is 74.8 Å². The smallest absolute Gasteiger partial charge is 0.255 e. The van der Waals surface area contributed by atoms with Crippen LogP contribution in [-0.2, 0) is 9.84 Å². The predicted octanol–water partition coefficient (Wildman–Crippen LogP) is 4.15. The first kappa shape index (κ1) is 22.0. The van der Waals surface area contributed by atoms with Crippen LogP contribution in [0.15, 0.2) is 41.3 Å². The number of phenolic OH excluding ortho intramolecular Hbond substituents is 1. The van der Waals surface area contributed by atoms with Crippen LogP contribution in [0, 0.1) is 17.7 Å². The third kappa shape index (κ3) is 3.92. The van der Waals surface area contributed by atoms with Gasteiger partial charge in [-0.1, -0.05) is 11.6 Å². The summed E-state index contributed by atoms with van der Waals surface area (Å²) in [5.74, 6) is -2.21. The van der Waals surface area contributed by atoms with Gasteiger partial charge in [-0.15, -0.1) is 0 Å². The molecule has 3 unspecified atom stereocenters. The van der Waals surface area contributed by atoms with Gasteiger partial charge in [0.25, 0.3) is 5.91 Å². The first-order valence-corrected chi connectivity index (χ1v) is 12.0. The van der Waals surface area contributed by atoms with Crippen molar-refractivity contribution in [1.29, 1.82) is 0 Å². The number of aromatic hydroxyl groups is 1. The van der Waals surface area contributed by atoms with Crippen LogP contribution in [0.5, 0.6) is 5.75 Å². The molecule has 2 bridgehead atoms. The largest absolute Gasteiger partial charge is 0.505 e. The molecule has 0 saturated heterocycles. The van der Waals surface area contributed by atoms with Crippen molar-refractivity contribution < 1.29 is 27.8 Å². The summed E-state index contributed by atoms with van der Waals surface area (Å²) in [6.45, 7) is 1.78. The van der Waals surface area contributed by atoms with Crippen molar-refractivity contribution in [3.05, 3.63) is 52.8 Å². The summed E-state index contributed by atoms with van der Waals surface area (Å²) in [7, 11) is -3.82. The van der Waals surface area contributed by atoms with Gasteiger partial charge in [0.15, 0.2) is 21.4 Å². The second-order valence-corrected chi connectivity index (χ2v) is 11.2. The highest BCUT2D eigenvalue weighted by molar-refractivity contribution is 7.92. The number of benzene rings is 2. The zero-order valence-corrected chi connectivity index (χ0v) is 18.4. The lowest BCUT2D eigenvalue weighted by atomic mass is 9.76. The second kappa shape index (κ2) is 7.76. The molecule has 0 aromatic heterocycles. The number of nitrogens with one attached hydrogen (secondary N) is 1. The number of phenols is 1. The van der Waals surface area contributed by atoms with E-state index in [1.165, 1.54) is 24.3 Å². The van der Waals surface area contributed by atoms with E-state index in [9.17, 15) is 27.8 Å². The Labute approximate surface area is 185 Å². The van der Waals surface area contributed by atoms with Crippen molar-refractivity contribution in [2.45, 2.75) is 48.4 Å². The zero-order chi connectivity index (χ0) is 22.6. The average molecular weight is 468 g/mol. The zero-order valence-electron chi connectivity index (χ0n) is 16.8. The average Bonchev–Trinajstić information content (AvgIpc) is 2.87. The summed E-state index contributed by atoms with van der Waals surface area (Å²) >= 11 is 6.21.